The van der Waals surface area contributed by atoms with Crippen LogP contribution in [0, 0.1) is 0 Å². The van der Waals surface area contributed by atoms with Crippen LogP contribution in [-0.4, -0.2) is 6.29 Å². The summed E-state index contributed by atoms with van der Waals surface area (Å²) in [5, 5.41) is 0. The summed E-state index contributed by atoms with van der Waals surface area (Å²) in [6, 6.07) is 8.15. The molecule has 0 amide bonds. The second-order valence-electron chi connectivity index (χ2n) is 3.01. The zero-order valence-electron chi connectivity index (χ0n) is 7.91. The Labute approximate surface area is 108 Å². The second kappa shape index (κ2) is 7.38. The van der Waals surface area contributed by atoms with Crippen LogP contribution in [0.5, 0.6) is 0 Å². The minimum absolute atomic E-state index is 0.263. The molecule has 0 N–H and O–H groups in total. The van der Waals surface area contributed by atoms with Gasteiger partial charge in [0.05, 0.1) is 0 Å². The molecule has 0 radical (unpaired) electrons. The molecule has 0 aromatic heterocycles. The fourth-order valence-corrected chi connectivity index (χ4v) is 1.59. The van der Waals surface area contributed by atoms with Crippen molar-refractivity contribution < 1.29 is 25.6 Å². The predicted molar refractivity (Wildman–Crippen MR) is 60.2 cm³/mol. The van der Waals surface area contributed by atoms with Crippen LogP contribution in [-0.2, 0) is 25.6 Å². The third-order valence-corrected chi connectivity index (χ3v) is 2.21. The number of fused-ring (bicyclic) bond motifs is 1. The molecule has 0 aliphatic heterocycles. The summed E-state index contributed by atoms with van der Waals surface area (Å²) < 4.78 is 0. The molecule has 2 rings (SSSR count). The van der Waals surface area contributed by atoms with Gasteiger partial charge in [-0.1, -0.05) is 36.4 Å². The van der Waals surface area contributed by atoms with Crippen LogP contribution in [0.1, 0.15) is 23.5 Å². The summed E-state index contributed by atoms with van der Waals surface area (Å²) in [5.74, 6) is 0.263. The Morgan fingerprint density at radius 3 is 2.67 bits per heavy atom. The molecule has 1 nitrogen and oxygen atoms in total. The third-order valence-electron chi connectivity index (χ3n) is 2.21. The van der Waals surface area contributed by atoms with Gasteiger partial charge in [0.15, 0.2) is 0 Å². The van der Waals surface area contributed by atoms with Gasteiger partial charge in [0, 0.05) is 0 Å². The van der Waals surface area contributed by atoms with Crippen molar-refractivity contribution in [1.29, 1.82) is 0 Å². The van der Waals surface area contributed by atoms with Gasteiger partial charge in [-0.3, -0.25) is 6.29 Å². The maximum absolute atomic E-state index is 10.2. The SMILES string of the molecule is O=[C-]CC1C=Cc2ccccc21.[Cl][Zr][Cl]. The van der Waals surface area contributed by atoms with Crippen molar-refractivity contribution in [2.45, 2.75) is 12.3 Å². The van der Waals surface area contributed by atoms with E-state index < -0.39 is 20.8 Å². The molecule has 1 aliphatic rings. The predicted octanol–water partition coefficient (Wildman–Crippen LogP) is 3.67. The van der Waals surface area contributed by atoms with Gasteiger partial charge in [-0.25, -0.2) is 0 Å². The molecule has 0 heterocycles. The Balaban J connectivity index is 0.000000337. The number of rotatable bonds is 2. The molecule has 0 saturated heterocycles. The first-order chi connectivity index (χ1) is 7.33. The molecule has 4 heteroatoms. The topological polar surface area (TPSA) is 17.1 Å². The van der Waals surface area contributed by atoms with Crippen molar-refractivity contribution in [1.82, 2.24) is 0 Å². The van der Waals surface area contributed by atoms with Crippen LogP contribution in [0.25, 0.3) is 6.08 Å². The zero-order valence-corrected chi connectivity index (χ0v) is 11.9. The molecule has 1 atom stereocenters. The number of halogens is 2. The molecule has 1 unspecified atom stereocenters. The third kappa shape index (κ3) is 3.86. The average Bonchev–Trinajstić information content (AvgIpc) is 2.64. The average molecular weight is 319 g/mol. The molecule has 78 valence electrons. The summed E-state index contributed by atoms with van der Waals surface area (Å²) in [5.41, 5.74) is 2.48. The van der Waals surface area contributed by atoms with Crippen molar-refractivity contribution in [2.24, 2.45) is 0 Å². The van der Waals surface area contributed by atoms with Crippen molar-refractivity contribution in [3.63, 3.8) is 0 Å². The van der Waals surface area contributed by atoms with Gasteiger partial charge in [0.2, 0.25) is 0 Å². The van der Waals surface area contributed by atoms with E-state index in [1.54, 1.807) is 0 Å². The molecular formula is C11H9Cl2OZr-. The molecule has 1 aromatic carbocycles. The van der Waals surface area contributed by atoms with Crippen molar-refractivity contribution >= 4 is 29.4 Å². The van der Waals surface area contributed by atoms with E-state index in [0.717, 1.165) is 0 Å². The molecule has 0 saturated carbocycles. The summed E-state index contributed by atoms with van der Waals surface area (Å²) in [6.45, 7) is 0. The Bertz CT molecular complexity index is 352. The van der Waals surface area contributed by atoms with E-state index >= 15 is 0 Å². The van der Waals surface area contributed by atoms with Crippen LogP contribution in [0.3, 0.4) is 0 Å². The van der Waals surface area contributed by atoms with Gasteiger partial charge in [-0.2, -0.15) is 0 Å². The minimum atomic E-state index is -0.826. The van der Waals surface area contributed by atoms with E-state index in [4.69, 9.17) is 17.0 Å². The fourth-order valence-electron chi connectivity index (χ4n) is 1.59. The monoisotopic (exact) mass is 317 g/mol. The number of hydrogen-bond donors (Lipinski definition) is 0. The summed E-state index contributed by atoms with van der Waals surface area (Å²) in [7, 11) is 9.87. The first-order valence-electron chi connectivity index (χ1n) is 4.42. The number of allylic oxidation sites excluding steroid dienone is 1. The quantitative estimate of drug-likeness (QED) is 0.760. The Kier molecular flexibility index (Phi) is 6.47. The van der Waals surface area contributed by atoms with Crippen molar-refractivity contribution in [2.75, 3.05) is 0 Å². The zero-order chi connectivity index (χ0) is 11.1. The van der Waals surface area contributed by atoms with E-state index in [2.05, 4.69) is 24.3 Å². The normalized spacial score (nSPS) is 16.3. The van der Waals surface area contributed by atoms with Gasteiger partial charge in [0.25, 0.3) is 0 Å². The first kappa shape index (κ1) is 13.2. The van der Waals surface area contributed by atoms with Gasteiger partial charge < -0.3 is 4.79 Å². The number of carbonyl (C=O) groups excluding carboxylic acids is 1. The van der Waals surface area contributed by atoms with E-state index in [0.29, 0.717) is 6.42 Å². The van der Waals surface area contributed by atoms with E-state index in [9.17, 15) is 4.79 Å². The molecule has 0 fully saturated rings. The standard InChI is InChI=1S/C11H9O.2ClH.Zr/c12-8-7-10-6-5-9-3-1-2-4-11(9)10;;;/h1-6,10H,7H2;2*1H;/q-1;;;+2/p-2. The molecule has 15 heavy (non-hydrogen) atoms. The van der Waals surface area contributed by atoms with Gasteiger partial charge in [-0.05, 0) is 17.0 Å². The van der Waals surface area contributed by atoms with Gasteiger partial charge >= 0.3 is 37.9 Å². The van der Waals surface area contributed by atoms with Crippen LogP contribution in [0.4, 0.5) is 0 Å². The number of benzene rings is 1. The molecule has 0 spiro atoms. The Morgan fingerprint density at radius 1 is 1.33 bits per heavy atom. The van der Waals surface area contributed by atoms with Crippen molar-refractivity contribution in [3.05, 3.63) is 41.5 Å². The summed E-state index contributed by atoms with van der Waals surface area (Å²) in [6.07, 6.45) is 6.56. The maximum atomic E-state index is 10.2. The number of hydrogen-bond acceptors (Lipinski definition) is 1. The molecule has 1 aliphatic carbocycles. The summed E-state index contributed by atoms with van der Waals surface area (Å²) >= 11 is -0.826. The van der Waals surface area contributed by atoms with Crippen LogP contribution in [0.15, 0.2) is 30.3 Å². The Hall–Kier alpha value is 0.0931. The molecule has 1 aromatic rings. The summed E-state index contributed by atoms with van der Waals surface area (Å²) in [4.78, 5) is 10.2. The van der Waals surface area contributed by atoms with E-state index in [1.165, 1.54) is 11.1 Å². The van der Waals surface area contributed by atoms with Crippen LogP contribution in [0.2, 0.25) is 0 Å². The fraction of sp³-hybridized carbons (Fsp3) is 0.182. The van der Waals surface area contributed by atoms with Crippen molar-refractivity contribution in [3.8, 4) is 0 Å². The van der Waals surface area contributed by atoms with Gasteiger partial charge in [0.1, 0.15) is 0 Å². The Morgan fingerprint density at radius 2 is 2.00 bits per heavy atom. The van der Waals surface area contributed by atoms with Gasteiger partial charge in [-0.15, -0.1) is 6.42 Å². The molecule has 0 bridgehead atoms. The van der Waals surface area contributed by atoms with E-state index in [-0.39, 0.29) is 5.92 Å². The van der Waals surface area contributed by atoms with Crippen LogP contribution >= 0.6 is 17.0 Å². The second-order valence-corrected chi connectivity index (χ2v) is 6.75. The molecular weight excluding hydrogens is 310 g/mol. The van der Waals surface area contributed by atoms with Crippen LogP contribution < -0.4 is 0 Å². The van der Waals surface area contributed by atoms with E-state index in [1.807, 2.05) is 18.4 Å². The first-order valence-corrected chi connectivity index (χ1v) is 10.7.